The van der Waals surface area contributed by atoms with E-state index in [4.69, 9.17) is 0 Å². The molecule has 0 radical (unpaired) electrons. The van der Waals surface area contributed by atoms with Crippen LogP contribution in [0.1, 0.15) is 38.0 Å². The standard InChI is InChI=1S/C12H19BrS/c1-10(2)9-11(13)5-3-6-12-7-4-8-14-12/h4,7-8,10-11H,3,5-6,9H2,1-2H3. The summed E-state index contributed by atoms with van der Waals surface area (Å²) in [5.74, 6) is 0.807. The summed E-state index contributed by atoms with van der Waals surface area (Å²) in [5.41, 5.74) is 0. The van der Waals surface area contributed by atoms with Crippen molar-refractivity contribution in [2.45, 2.75) is 44.4 Å². The Kier molecular flexibility index (Phi) is 5.80. The van der Waals surface area contributed by atoms with Crippen LogP contribution in [-0.4, -0.2) is 4.83 Å². The maximum absolute atomic E-state index is 3.75. The minimum atomic E-state index is 0.711. The van der Waals surface area contributed by atoms with Crippen LogP contribution in [0.15, 0.2) is 17.5 Å². The number of hydrogen-bond acceptors (Lipinski definition) is 1. The van der Waals surface area contributed by atoms with E-state index < -0.39 is 0 Å². The van der Waals surface area contributed by atoms with Gasteiger partial charge in [-0.05, 0) is 43.0 Å². The SMILES string of the molecule is CC(C)CC(Br)CCCc1cccs1. The monoisotopic (exact) mass is 274 g/mol. The highest BCUT2D eigenvalue weighted by molar-refractivity contribution is 9.09. The van der Waals surface area contributed by atoms with Gasteiger partial charge in [0.15, 0.2) is 0 Å². The van der Waals surface area contributed by atoms with E-state index in [2.05, 4.69) is 47.3 Å². The van der Waals surface area contributed by atoms with Crippen molar-refractivity contribution in [3.05, 3.63) is 22.4 Å². The van der Waals surface area contributed by atoms with Gasteiger partial charge in [0.05, 0.1) is 0 Å². The van der Waals surface area contributed by atoms with Gasteiger partial charge < -0.3 is 0 Å². The molecule has 0 spiro atoms. The van der Waals surface area contributed by atoms with Crippen molar-refractivity contribution in [2.24, 2.45) is 5.92 Å². The minimum Gasteiger partial charge on any atom is -0.149 e. The Hall–Kier alpha value is 0.180. The van der Waals surface area contributed by atoms with Crippen LogP contribution in [-0.2, 0) is 6.42 Å². The van der Waals surface area contributed by atoms with Gasteiger partial charge in [-0.2, -0.15) is 0 Å². The second-order valence-corrected chi connectivity index (χ2v) is 6.53. The van der Waals surface area contributed by atoms with Gasteiger partial charge in [0.1, 0.15) is 0 Å². The molecule has 2 heteroatoms. The quantitative estimate of drug-likeness (QED) is 0.649. The second kappa shape index (κ2) is 6.62. The van der Waals surface area contributed by atoms with Crippen LogP contribution in [0.25, 0.3) is 0 Å². The summed E-state index contributed by atoms with van der Waals surface area (Å²) < 4.78 is 0. The number of halogens is 1. The van der Waals surface area contributed by atoms with Crippen LogP contribution < -0.4 is 0 Å². The number of aryl methyl sites for hydroxylation is 1. The fourth-order valence-corrected chi connectivity index (χ4v) is 3.40. The summed E-state index contributed by atoms with van der Waals surface area (Å²) in [6.07, 6.45) is 5.15. The van der Waals surface area contributed by atoms with E-state index in [9.17, 15) is 0 Å². The van der Waals surface area contributed by atoms with E-state index in [1.807, 2.05) is 11.3 Å². The molecule has 0 amide bonds. The van der Waals surface area contributed by atoms with Crippen LogP contribution in [0, 0.1) is 5.92 Å². The van der Waals surface area contributed by atoms with E-state index >= 15 is 0 Å². The lowest BCUT2D eigenvalue weighted by Gasteiger charge is -2.11. The molecule has 0 nitrogen and oxygen atoms in total. The molecule has 1 unspecified atom stereocenters. The molecule has 0 N–H and O–H groups in total. The molecule has 0 bridgehead atoms. The Balaban J connectivity index is 2.09. The lowest BCUT2D eigenvalue weighted by Crippen LogP contribution is -2.03. The van der Waals surface area contributed by atoms with E-state index in [0.29, 0.717) is 4.83 Å². The Morgan fingerprint density at radius 3 is 2.79 bits per heavy atom. The average Bonchev–Trinajstić information content (AvgIpc) is 2.55. The molecule has 0 aliphatic heterocycles. The number of alkyl halides is 1. The Labute approximate surface area is 99.9 Å². The summed E-state index contributed by atoms with van der Waals surface area (Å²) in [4.78, 5) is 2.23. The van der Waals surface area contributed by atoms with Gasteiger partial charge in [0.2, 0.25) is 0 Å². The van der Waals surface area contributed by atoms with Gasteiger partial charge in [0, 0.05) is 9.70 Å². The Morgan fingerprint density at radius 2 is 2.21 bits per heavy atom. The molecule has 0 aliphatic carbocycles. The molecular weight excluding hydrogens is 256 g/mol. The summed E-state index contributed by atoms with van der Waals surface area (Å²) in [5, 5.41) is 2.16. The molecule has 0 fully saturated rings. The maximum atomic E-state index is 3.75. The molecule has 0 saturated heterocycles. The molecule has 0 aromatic carbocycles. The third-order valence-electron chi connectivity index (χ3n) is 2.25. The van der Waals surface area contributed by atoms with E-state index in [-0.39, 0.29) is 0 Å². The van der Waals surface area contributed by atoms with Crippen molar-refractivity contribution in [3.63, 3.8) is 0 Å². The van der Waals surface area contributed by atoms with Gasteiger partial charge in [0.25, 0.3) is 0 Å². The third kappa shape index (κ3) is 5.16. The van der Waals surface area contributed by atoms with E-state index in [1.54, 1.807) is 0 Å². The van der Waals surface area contributed by atoms with Crippen LogP contribution in [0.3, 0.4) is 0 Å². The first kappa shape index (κ1) is 12.3. The molecule has 0 aliphatic rings. The zero-order valence-electron chi connectivity index (χ0n) is 9.00. The second-order valence-electron chi connectivity index (χ2n) is 4.20. The van der Waals surface area contributed by atoms with Crippen molar-refractivity contribution in [1.29, 1.82) is 0 Å². The zero-order valence-corrected chi connectivity index (χ0v) is 11.4. The van der Waals surface area contributed by atoms with Crippen molar-refractivity contribution in [1.82, 2.24) is 0 Å². The summed E-state index contributed by atoms with van der Waals surface area (Å²) >= 11 is 5.62. The molecule has 1 atom stereocenters. The van der Waals surface area contributed by atoms with Crippen LogP contribution in [0.4, 0.5) is 0 Å². The molecule has 80 valence electrons. The summed E-state index contributed by atoms with van der Waals surface area (Å²) in [6.45, 7) is 4.57. The van der Waals surface area contributed by atoms with Gasteiger partial charge in [-0.1, -0.05) is 35.8 Å². The highest BCUT2D eigenvalue weighted by atomic mass is 79.9. The minimum absolute atomic E-state index is 0.711. The molecule has 0 saturated carbocycles. The van der Waals surface area contributed by atoms with Crippen LogP contribution in [0.5, 0.6) is 0 Å². The largest absolute Gasteiger partial charge is 0.149 e. The van der Waals surface area contributed by atoms with Gasteiger partial charge in [-0.25, -0.2) is 0 Å². The zero-order chi connectivity index (χ0) is 10.4. The van der Waals surface area contributed by atoms with Crippen molar-refractivity contribution in [2.75, 3.05) is 0 Å². The van der Waals surface area contributed by atoms with Gasteiger partial charge in [-0.15, -0.1) is 11.3 Å². The number of hydrogen-bond donors (Lipinski definition) is 0. The van der Waals surface area contributed by atoms with Crippen molar-refractivity contribution in [3.8, 4) is 0 Å². The third-order valence-corrected chi connectivity index (χ3v) is 4.02. The first-order chi connectivity index (χ1) is 6.68. The van der Waals surface area contributed by atoms with E-state index in [0.717, 1.165) is 5.92 Å². The van der Waals surface area contributed by atoms with E-state index in [1.165, 1.54) is 30.6 Å². The molecule has 1 heterocycles. The molecule has 1 aromatic heterocycles. The first-order valence-electron chi connectivity index (χ1n) is 5.35. The van der Waals surface area contributed by atoms with Gasteiger partial charge in [-0.3, -0.25) is 0 Å². The summed E-state index contributed by atoms with van der Waals surface area (Å²) in [7, 11) is 0. The highest BCUT2D eigenvalue weighted by Crippen LogP contribution is 2.20. The lowest BCUT2D eigenvalue weighted by molar-refractivity contribution is 0.544. The molecule has 14 heavy (non-hydrogen) atoms. The maximum Gasteiger partial charge on any atom is 0.0148 e. The summed E-state index contributed by atoms with van der Waals surface area (Å²) in [6, 6.07) is 4.37. The Morgan fingerprint density at radius 1 is 1.43 bits per heavy atom. The predicted octanol–water partition coefficient (Wildman–Crippen LogP) is 4.88. The normalized spacial score (nSPS) is 13.4. The molecule has 1 aromatic rings. The van der Waals surface area contributed by atoms with Crippen LogP contribution in [0.2, 0.25) is 0 Å². The fourth-order valence-electron chi connectivity index (χ4n) is 1.58. The highest BCUT2D eigenvalue weighted by Gasteiger charge is 2.06. The smallest absolute Gasteiger partial charge is 0.0148 e. The molecular formula is C12H19BrS. The van der Waals surface area contributed by atoms with Gasteiger partial charge >= 0.3 is 0 Å². The number of thiophene rings is 1. The predicted molar refractivity (Wildman–Crippen MR) is 69.4 cm³/mol. The average molecular weight is 275 g/mol. The lowest BCUT2D eigenvalue weighted by atomic mass is 10.0. The number of rotatable bonds is 6. The topological polar surface area (TPSA) is 0 Å². The fraction of sp³-hybridized carbons (Fsp3) is 0.667. The first-order valence-corrected chi connectivity index (χ1v) is 7.14. The van der Waals surface area contributed by atoms with Crippen LogP contribution >= 0.6 is 27.3 Å². The molecule has 1 rings (SSSR count). The Bertz CT molecular complexity index is 228. The van der Waals surface area contributed by atoms with Crippen molar-refractivity contribution < 1.29 is 0 Å². The van der Waals surface area contributed by atoms with Crippen molar-refractivity contribution >= 4 is 27.3 Å².